The predicted molar refractivity (Wildman–Crippen MR) is 108 cm³/mol. The van der Waals surface area contributed by atoms with Gasteiger partial charge < -0.3 is 10.0 Å². The fourth-order valence-corrected chi connectivity index (χ4v) is 3.86. The van der Waals surface area contributed by atoms with Crippen molar-refractivity contribution < 1.29 is 9.90 Å². The Morgan fingerprint density at radius 1 is 1.16 bits per heavy atom. The van der Waals surface area contributed by atoms with Gasteiger partial charge in [-0.1, -0.05) is 59.4 Å². The van der Waals surface area contributed by atoms with Gasteiger partial charge in [0.1, 0.15) is 5.75 Å². The molecule has 0 radical (unpaired) electrons. The molecule has 0 aliphatic carbocycles. The van der Waals surface area contributed by atoms with Crippen LogP contribution in [-0.2, 0) is 15.6 Å². The molecule has 2 rings (SSSR count). The number of thioether (sulfide) groups is 1. The lowest BCUT2D eigenvalue weighted by Gasteiger charge is -2.28. The summed E-state index contributed by atoms with van der Waals surface area (Å²) in [6.07, 6.45) is 3.79. The highest BCUT2D eigenvalue weighted by Crippen LogP contribution is 2.41. The monoisotopic (exact) mass is 359 g/mol. The van der Waals surface area contributed by atoms with Gasteiger partial charge in [-0.25, -0.2) is 0 Å². The zero-order valence-corrected chi connectivity index (χ0v) is 17.0. The van der Waals surface area contributed by atoms with Crippen molar-refractivity contribution in [3.63, 3.8) is 0 Å². The summed E-state index contributed by atoms with van der Waals surface area (Å²) in [6.45, 7) is 16.9. The molecule has 1 aromatic carbocycles. The van der Waals surface area contributed by atoms with Gasteiger partial charge >= 0.3 is 0 Å². The zero-order chi connectivity index (χ0) is 19.0. The van der Waals surface area contributed by atoms with Crippen LogP contribution in [0.5, 0.6) is 5.75 Å². The van der Waals surface area contributed by atoms with Crippen LogP contribution in [0.25, 0.3) is 6.08 Å². The summed E-state index contributed by atoms with van der Waals surface area (Å²) in [4.78, 5) is 13.8. The molecule has 136 valence electrons. The minimum atomic E-state index is -0.169. The molecule has 0 spiro atoms. The van der Waals surface area contributed by atoms with Crippen LogP contribution < -0.4 is 0 Å². The third-order valence-corrected chi connectivity index (χ3v) is 5.29. The maximum absolute atomic E-state index is 12.0. The Kier molecular flexibility index (Phi) is 5.43. The first-order valence-electron chi connectivity index (χ1n) is 8.59. The van der Waals surface area contributed by atoms with Gasteiger partial charge in [0.2, 0.25) is 5.91 Å². The average molecular weight is 360 g/mol. The lowest BCUT2D eigenvalue weighted by molar-refractivity contribution is -0.124. The van der Waals surface area contributed by atoms with Crippen LogP contribution in [-0.4, -0.2) is 28.2 Å². The molecule has 1 amide bonds. The lowest BCUT2D eigenvalue weighted by atomic mass is 9.78. The van der Waals surface area contributed by atoms with E-state index in [4.69, 9.17) is 0 Å². The second-order valence-corrected chi connectivity index (χ2v) is 9.52. The predicted octanol–water partition coefficient (Wildman–Crippen LogP) is 5.05. The summed E-state index contributed by atoms with van der Waals surface area (Å²) in [5.41, 5.74) is 2.53. The Hall–Kier alpha value is -1.68. The largest absolute Gasteiger partial charge is 0.507 e. The van der Waals surface area contributed by atoms with E-state index in [0.717, 1.165) is 21.7 Å². The number of aromatic hydroxyl groups is 1. The highest BCUT2D eigenvalue weighted by molar-refractivity contribution is 8.04. The van der Waals surface area contributed by atoms with Gasteiger partial charge in [-0.05, 0) is 34.6 Å². The lowest BCUT2D eigenvalue weighted by Crippen LogP contribution is -2.24. The molecule has 1 N–H and O–H groups in total. The van der Waals surface area contributed by atoms with Gasteiger partial charge in [-0.2, -0.15) is 0 Å². The minimum absolute atomic E-state index is 0.113. The molecule has 1 fully saturated rings. The first-order chi connectivity index (χ1) is 11.4. The molecule has 0 bridgehead atoms. The number of carbonyl (C=O) groups is 1. The summed E-state index contributed by atoms with van der Waals surface area (Å²) in [6, 6.07) is 4.07. The summed E-state index contributed by atoms with van der Waals surface area (Å²) in [7, 11) is 0. The van der Waals surface area contributed by atoms with Gasteiger partial charge in [0.15, 0.2) is 0 Å². The zero-order valence-electron chi connectivity index (χ0n) is 16.1. The number of hydrogen-bond acceptors (Lipinski definition) is 3. The first kappa shape index (κ1) is 19.6. The molecule has 1 aliphatic rings. The van der Waals surface area contributed by atoms with Crippen LogP contribution in [0.2, 0.25) is 0 Å². The van der Waals surface area contributed by atoms with Gasteiger partial charge in [-0.15, -0.1) is 6.58 Å². The van der Waals surface area contributed by atoms with Crippen LogP contribution >= 0.6 is 11.8 Å². The Morgan fingerprint density at radius 2 is 1.68 bits per heavy atom. The van der Waals surface area contributed by atoms with Crippen molar-refractivity contribution in [3.8, 4) is 5.75 Å². The van der Waals surface area contributed by atoms with E-state index >= 15 is 0 Å². The number of rotatable bonds is 3. The number of amides is 1. The van der Waals surface area contributed by atoms with Crippen LogP contribution in [0, 0.1) is 0 Å². The quantitative estimate of drug-likeness (QED) is 0.768. The normalized spacial score (nSPS) is 17.4. The molecular formula is C21H29NO2S. The fourth-order valence-electron chi connectivity index (χ4n) is 2.88. The molecule has 0 saturated carbocycles. The molecular weight excluding hydrogens is 330 g/mol. The topological polar surface area (TPSA) is 40.5 Å². The summed E-state index contributed by atoms with van der Waals surface area (Å²) in [5, 5.41) is 11.8. The van der Waals surface area contributed by atoms with Gasteiger partial charge in [0, 0.05) is 17.7 Å². The van der Waals surface area contributed by atoms with Crippen molar-refractivity contribution in [2.45, 2.75) is 52.4 Å². The number of phenols is 1. The van der Waals surface area contributed by atoms with E-state index in [1.54, 1.807) is 22.7 Å². The average Bonchev–Trinajstić information content (AvgIpc) is 2.80. The van der Waals surface area contributed by atoms with E-state index in [1.807, 2.05) is 18.2 Å². The third kappa shape index (κ3) is 4.30. The molecule has 1 saturated heterocycles. The Morgan fingerprint density at radius 3 is 2.12 bits per heavy atom. The summed E-state index contributed by atoms with van der Waals surface area (Å²) < 4.78 is 0. The Labute approximate surface area is 155 Å². The molecule has 4 heteroatoms. The second kappa shape index (κ2) is 6.91. The minimum Gasteiger partial charge on any atom is -0.507 e. The SMILES string of the molecule is C=CCN1C(=O)CSC1=Cc1cc(C(C)(C)C)c(O)c(C(C)(C)C)c1. The number of benzene rings is 1. The van der Waals surface area contributed by atoms with E-state index in [0.29, 0.717) is 18.0 Å². The standard InChI is InChI=1S/C21H29NO2S/c1-8-9-22-17(23)13-25-18(22)12-14-10-15(20(2,3)4)19(24)16(11-14)21(5,6)7/h8,10-12,24H,1,9,13H2,2-7H3. The number of carbonyl (C=O) groups excluding carboxylic acids is 1. The molecule has 25 heavy (non-hydrogen) atoms. The number of hydrogen-bond donors (Lipinski definition) is 1. The molecule has 1 aliphatic heterocycles. The molecule has 1 heterocycles. The molecule has 1 aromatic rings. The highest BCUT2D eigenvalue weighted by atomic mass is 32.2. The van der Waals surface area contributed by atoms with E-state index in [2.05, 4.69) is 48.1 Å². The van der Waals surface area contributed by atoms with E-state index in [9.17, 15) is 9.90 Å². The fraction of sp³-hybridized carbons (Fsp3) is 0.476. The maximum Gasteiger partial charge on any atom is 0.238 e. The van der Waals surface area contributed by atoms with Crippen molar-refractivity contribution in [3.05, 3.63) is 46.5 Å². The van der Waals surface area contributed by atoms with Crippen molar-refractivity contribution in [2.24, 2.45) is 0 Å². The molecule has 3 nitrogen and oxygen atoms in total. The second-order valence-electron chi connectivity index (χ2n) is 8.53. The van der Waals surface area contributed by atoms with Crippen molar-refractivity contribution >= 4 is 23.7 Å². The highest BCUT2D eigenvalue weighted by Gasteiger charge is 2.28. The Bertz CT molecular complexity index is 685. The van der Waals surface area contributed by atoms with Crippen LogP contribution in [0.15, 0.2) is 29.8 Å². The maximum atomic E-state index is 12.0. The number of nitrogens with zero attached hydrogens (tertiary/aromatic N) is 1. The van der Waals surface area contributed by atoms with E-state index in [-0.39, 0.29) is 16.7 Å². The van der Waals surface area contributed by atoms with Gasteiger partial charge in [-0.3, -0.25) is 4.79 Å². The third-order valence-electron chi connectivity index (χ3n) is 4.26. The van der Waals surface area contributed by atoms with Crippen LogP contribution in [0.3, 0.4) is 0 Å². The Balaban J connectivity index is 2.60. The first-order valence-corrected chi connectivity index (χ1v) is 9.57. The molecule has 0 aromatic heterocycles. The number of phenolic OH excluding ortho intramolecular Hbond substituents is 1. The van der Waals surface area contributed by atoms with Crippen LogP contribution in [0.4, 0.5) is 0 Å². The van der Waals surface area contributed by atoms with E-state index < -0.39 is 0 Å². The molecule has 0 atom stereocenters. The summed E-state index contributed by atoms with van der Waals surface area (Å²) in [5.74, 6) is 0.956. The van der Waals surface area contributed by atoms with Crippen molar-refractivity contribution in [1.29, 1.82) is 0 Å². The van der Waals surface area contributed by atoms with Crippen LogP contribution in [0.1, 0.15) is 58.2 Å². The van der Waals surface area contributed by atoms with Gasteiger partial charge in [0.25, 0.3) is 0 Å². The van der Waals surface area contributed by atoms with Crippen molar-refractivity contribution in [2.75, 3.05) is 12.3 Å². The van der Waals surface area contributed by atoms with E-state index in [1.165, 1.54) is 0 Å². The summed E-state index contributed by atoms with van der Waals surface area (Å²) >= 11 is 1.55. The molecule has 0 unspecified atom stereocenters. The smallest absolute Gasteiger partial charge is 0.238 e. The van der Waals surface area contributed by atoms with Gasteiger partial charge in [0.05, 0.1) is 10.8 Å². The van der Waals surface area contributed by atoms with Crippen molar-refractivity contribution in [1.82, 2.24) is 4.90 Å².